The minimum Gasteiger partial charge on any atom is -0.496 e. The molecule has 0 aromatic heterocycles. The van der Waals surface area contributed by atoms with Crippen molar-refractivity contribution in [1.29, 1.82) is 0 Å². The fourth-order valence-corrected chi connectivity index (χ4v) is 2.04. The molecule has 1 aromatic carbocycles. The first-order chi connectivity index (χ1) is 8.61. The number of aliphatic hydroxyl groups is 1. The summed E-state index contributed by atoms with van der Waals surface area (Å²) in [4.78, 5) is 0. The predicted molar refractivity (Wildman–Crippen MR) is 73.1 cm³/mol. The highest BCUT2D eigenvalue weighted by Gasteiger charge is 2.22. The van der Waals surface area contributed by atoms with Crippen LogP contribution in [-0.2, 0) is 0 Å². The molecule has 0 saturated heterocycles. The van der Waals surface area contributed by atoms with Crippen LogP contribution >= 0.6 is 0 Å². The topological polar surface area (TPSA) is 41.5 Å². The number of nitrogens with one attached hydrogen (secondary N) is 1. The summed E-state index contributed by atoms with van der Waals surface area (Å²) in [6, 6.07) is 6.69. The highest BCUT2D eigenvalue weighted by atomic mass is 16.5. The Morgan fingerprint density at radius 3 is 2.67 bits per heavy atom. The first kappa shape index (κ1) is 13.4. The summed E-state index contributed by atoms with van der Waals surface area (Å²) < 4.78 is 5.39. The zero-order chi connectivity index (χ0) is 13.1. The summed E-state index contributed by atoms with van der Waals surface area (Å²) in [5, 5.41) is 13.5. The first-order valence-corrected chi connectivity index (χ1v) is 6.71. The zero-order valence-electron chi connectivity index (χ0n) is 11.4. The van der Waals surface area contributed by atoms with Crippen LogP contribution in [0.15, 0.2) is 18.2 Å². The lowest BCUT2D eigenvalue weighted by Crippen LogP contribution is -2.23. The van der Waals surface area contributed by atoms with Crippen molar-refractivity contribution in [3.8, 4) is 5.75 Å². The van der Waals surface area contributed by atoms with Crippen LogP contribution in [0.1, 0.15) is 49.8 Å². The van der Waals surface area contributed by atoms with Gasteiger partial charge in [0.25, 0.3) is 0 Å². The average Bonchev–Trinajstić information content (AvgIpc) is 3.19. The van der Waals surface area contributed by atoms with Crippen molar-refractivity contribution in [2.45, 2.75) is 44.8 Å². The highest BCUT2D eigenvalue weighted by Crippen LogP contribution is 2.29. The van der Waals surface area contributed by atoms with Gasteiger partial charge in [-0.15, -0.1) is 0 Å². The van der Waals surface area contributed by atoms with Crippen molar-refractivity contribution >= 4 is 0 Å². The summed E-state index contributed by atoms with van der Waals surface area (Å²) in [6.07, 6.45) is 1.97. The molecule has 2 N–H and O–H groups in total. The van der Waals surface area contributed by atoms with Crippen molar-refractivity contribution in [3.05, 3.63) is 29.3 Å². The van der Waals surface area contributed by atoms with E-state index in [1.165, 1.54) is 18.4 Å². The van der Waals surface area contributed by atoms with E-state index >= 15 is 0 Å². The third kappa shape index (κ3) is 3.24. The fraction of sp³-hybridized carbons (Fsp3) is 0.600. The van der Waals surface area contributed by atoms with Gasteiger partial charge in [-0.1, -0.05) is 26.0 Å². The second-order valence-electron chi connectivity index (χ2n) is 5.35. The Morgan fingerprint density at radius 1 is 1.39 bits per heavy atom. The van der Waals surface area contributed by atoms with Crippen molar-refractivity contribution in [1.82, 2.24) is 5.32 Å². The molecular formula is C15H23NO2. The molecule has 0 heterocycles. The number of aliphatic hydroxyl groups excluding tert-OH is 1. The SMILES string of the molecule is COc1cc(C(C)C)ccc1C(O)CNC1CC1. The second kappa shape index (κ2) is 5.72. The second-order valence-corrected chi connectivity index (χ2v) is 5.35. The molecule has 1 fully saturated rings. The Morgan fingerprint density at radius 2 is 2.11 bits per heavy atom. The normalized spacial score (nSPS) is 16.9. The molecule has 0 aliphatic heterocycles. The molecule has 0 amide bonds. The highest BCUT2D eigenvalue weighted by molar-refractivity contribution is 5.40. The summed E-state index contributed by atoms with van der Waals surface area (Å²) in [5.74, 6) is 1.25. The maximum Gasteiger partial charge on any atom is 0.124 e. The molecule has 1 atom stereocenters. The van der Waals surface area contributed by atoms with Gasteiger partial charge in [-0.3, -0.25) is 0 Å². The molecule has 0 radical (unpaired) electrons. The summed E-state index contributed by atoms with van der Waals surface area (Å²) >= 11 is 0. The van der Waals surface area contributed by atoms with Crippen LogP contribution < -0.4 is 10.1 Å². The van der Waals surface area contributed by atoms with E-state index < -0.39 is 6.10 Å². The number of ether oxygens (including phenoxy) is 1. The summed E-state index contributed by atoms with van der Waals surface area (Å²) in [5.41, 5.74) is 2.10. The Kier molecular flexibility index (Phi) is 4.25. The van der Waals surface area contributed by atoms with Crippen LogP contribution in [0.2, 0.25) is 0 Å². The van der Waals surface area contributed by atoms with Crippen molar-refractivity contribution < 1.29 is 9.84 Å². The Bertz CT molecular complexity index is 399. The van der Waals surface area contributed by atoms with Crippen LogP contribution in [-0.4, -0.2) is 24.8 Å². The van der Waals surface area contributed by atoms with Gasteiger partial charge >= 0.3 is 0 Å². The molecule has 0 bridgehead atoms. The molecule has 1 saturated carbocycles. The molecule has 3 heteroatoms. The van der Waals surface area contributed by atoms with Gasteiger partial charge in [0, 0.05) is 18.2 Å². The van der Waals surface area contributed by atoms with Crippen LogP contribution in [0.4, 0.5) is 0 Å². The van der Waals surface area contributed by atoms with Gasteiger partial charge in [0.15, 0.2) is 0 Å². The quantitative estimate of drug-likeness (QED) is 0.814. The summed E-state index contributed by atoms with van der Waals surface area (Å²) in [7, 11) is 1.66. The van der Waals surface area contributed by atoms with E-state index in [0.717, 1.165) is 11.3 Å². The number of methoxy groups -OCH3 is 1. The summed E-state index contributed by atoms with van der Waals surface area (Å²) in [6.45, 7) is 4.90. The number of hydrogen-bond donors (Lipinski definition) is 2. The van der Waals surface area contributed by atoms with Gasteiger partial charge in [-0.2, -0.15) is 0 Å². The Hall–Kier alpha value is -1.06. The Labute approximate surface area is 109 Å². The number of benzene rings is 1. The predicted octanol–water partition coefficient (Wildman–Crippen LogP) is 2.60. The third-order valence-corrected chi connectivity index (χ3v) is 3.46. The van der Waals surface area contributed by atoms with E-state index in [-0.39, 0.29) is 0 Å². The minimum atomic E-state index is -0.498. The maximum atomic E-state index is 10.2. The van der Waals surface area contributed by atoms with Gasteiger partial charge < -0.3 is 15.2 Å². The smallest absolute Gasteiger partial charge is 0.124 e. The lowest BCUT2D eigenvalue weighted by Gasteiger charge is -2.17. The largest absolute Gasteiger partial charge is 0.496 e. The van der Waals surface area contributed by atoms with Gasteiger partial charge in [-0.25, -0.2) is 0 Å². The molecule has 1 unspecified atom stereocenters. The van der Waals surface area contributed by atoms with Crippen molar-refractivity contribution in [2.24, 2.45) is 0 Å². The van der Waals surface area contributed by atoms with Crippen LogP contribution in [0.3, 0.4) is 0 Å². The third-order valence-electron chi connectivity index (χ3n) is 3.46. The molecule has 100 valence electrons. The monoisotopic (exact) mass is 249 g/mol. The van der Waals surface area contributed by atoms with E-state index in [0.29, 0.717) is 18.5 Å². The Balaban J connectivity index is 2.09. The van der Waals surface area contributed by atoms with E-state index in [1.807, 2.05) is 12.1 Å². The van der Waals surface area contributed by atoms with Gasteiger partial charge in [-0.05, 0) is 30.4 Å². The molecule has 2 rings (SSSR count). The van der Waals surface area contributed by atoms with Crippen molar-refractivity contribution in [3.63, 3.8) is 0 Å². The molecule has 3 nitrogen and oxygen atoms in total. The average molecular weight is 249 g/mol. The molecule has 18 heavy (non-hydrogen) atoms. The van der Waals surface area contributed by atoms with Crippen LogP contribution in [0, 0.1) is 0 Å². The van der Waals surface area contributed by atoms with Crippen molar-refractivity contribution in [2.75, 3.05) is 13.7 Å². The molecule has 0 spiro atoms. The molecule has 1 aromatic rings. The van der Waals surface area contributed by atoms with Gasteiger partial charge in [0.2, 0.25) is 0 Å². The van der Waals surface area contributed by atoms with E-state index in [1.54, 1.807) is 7.11 Å². The lowest BCUT2D eigenvalue weighted by molar-refractivity contribution is 0.170. The standard InChI is InChI=1S/C15H23NO2/c1-10(2)11-4-7-13(15(8-11)18-3)14(17)9-16-12-5-6-12/h4,7-8,10,12,14,16-17H,5-6,9H2,1-3H3. The van der Waals surface area contributed by atoms with Gasteiger partial charge in [0.05, 0.1) is 13.2 Å². The number of hydrogen-bond acceptors (Lipinski definition) is 3. The zero-order valence-corrected chi connectivity index (χ0v) is 11.4. The fourth-order valence-electron chi connectivity index (χ4n) is 2.04. The maximum absolute atomic E-state index is 10.2. The minimum absolute atomic E-state index is 0.467. The van der Waals surface area contributed by atoms with Crippen LogP contribution in [0.25, 0.3) is 0 Å². The molecule has 1 aliphatic rings. The van der Waals surface area contributed by atoms with Crippen LogP contribution in [0.5, 0.6) is 5.75 Å². The molecular weight excluding hydrogens is 226 g/mol. The first-order valence-electron chi connectivity index (χ1n) is 6.71. The van der Waals surface area contributed by atoms with E-state index in [2.05, 4.69) is 25.2 Å². The van der Waals surface area contributed by atoms with Gasteiger partial charge in [0.1, 0.15) is 5.75 Å². The molecule has 1 aliphatic carbocycles. The van der Waals surface area contributed by atoms with E-state index in [4.69, 9.17) is 4.74 Å². The number of rotatable bonds is 6. The van der Waals surface area contributed by atoms with E-state index in [9.17, 15) is 5.11 Å². The lowest BCUT2D eigenvalue weighted by atomic mass is 9.99.